The highest BCUT2D eigenvalue weighted by Crippen LogP contribution is 2.20. The molecule has 0 aromatic heterocycles. The van der Waals surface area contributed by atoms with Gasteiger partial charge in [-0.2, -0.15) is 0 Å². The highest BCUT2D eigenvalue weighted by Gasteiger charge is 2.20. The number of nitrogens with zero attached hydrogens (tertiary/aromatic N) is 1. The number of carboxylic acids is 1. The number of likely N-dealkylation sites (tertiary alicyclic amines) is 1. The fraction of sp³-hybridized carbons (Fsp3) is 0.786. The van der Waals surface area contributed by atoms with Gasteiger partial charge >= 0.3 is 12.0 Å². The van der Waals surface area contributed by atoms with Crippen LogP contribution in [-0.4, -0.2) is 41.0 Å². The van der Waals surface area contributed by atoms with Crippen molar-refractivity contribution in [3.63, 3.8) is 0 Å². The van der Waals surface area contributed by atoms with Crippen LogP contribution < -0.4 is 5.32 Å². The number of carbonyl (C=O) groups excluding carboxylic acids is 2. The standard InChI is InChI=1S/C14H24N2O4/c1-2-11-5-4-9-16(10-8-11)14(20)15-12(17)6-3-7-13(18)19/h11H,2-10H2,1H3,(H,18,19)(H,15,17,20). The average molecular weight is 284 g/mol. The Morgan fingerprint density at radius 1 is 1.20 bits per heavy atom. The predicted octanol–water partition coefficient (Wildman–Crippen LogP) is 1.99. The number of nitrogens with one attached hydrogen (secondary N) is 1. The van der Waals surface area contributed by atoms with Crippen molar-refractivity contribution >= 4 is 17.9 Å². The Labute approximate surface area is 119 Å². The van der Waals surface area contributed by atoms with Gasteiger partial charge in [-0.05, 0) is 31.6 Å². The smallest absolute Gasteiger partial charge is 0.324 e. The minimum absolute atomic E-state index is 0.0521. The van der Waals surface area contributed by atoms with Gasteiger partial charge in [0, 0.05) is 25.9 Å². The number of carboxylic acid groups (broad SMARTS) is 1. The van der Waals surface area contributed by atoms with Crippen LogP contribution in [0, 0.1) is 5.92 Å². The Hall–Kier alpha value is -1.59. The van der Waals surface area contributed by atoms with Gasteiger partial charge in [0.05, 0.1) is 0 Å². The first kappa shape index (κ1) is 16.5. The third kappa shape index (κ3) is 6.04. The second kappa shape index (κ2) is 8.55. The molecule has 6 nitrogen and oxygen atoms in total. The fourth-order valence-electron chi connectivity index (χ4n) is 2.44. The molecule has 0 aliphatic carbocycles. The monoisotopic (exact) mass is 284 g/mol. The van der Waals surface area contributed by atoms with Crippen LogP contribution >= 0.6 is 0 Å². The maximum atomic E-state index is 11.9. The number of imide groups is 1. The van der Waals surface area contributed by atoms with Crippen LogP contribution in [0.25, 0.3) is 0 Å². The quantitative estimate of drug-likeness (QED) is 0.808. The lowest BCUT2D eigenvalue weighted by Gasteiger charge is -2.20. The molecule has 1 saturated heterocycles. The molecule has 1 unspecified atom stereocenters. The van der Waals surface area contributed by atoms with Crippen LogP contribution in [0.2, 0.25) is 0 Å². The summed E-state index contributed by atoms with van der Waals surface area (Å²) in [4.78, 5) is 35.5. The van der Waals surface area contributed by atoms with Crippen molar-refractivity contribution in [2.75, 3.05) is 13.1 Å². The second-order valence-corrected chi connectivity index (χ2v) is 5.29. The Balaban J connectivity index is 2.30. The number of aliphatic carboxylic acids is 1. The minimum Gasteiger partial charge on any atom is -0.481 e. The van der Waals surface area contributed by atoms with Gasteiger partial charge in [-0.25, -0.2) is 4.79 Å². The normalized spacial score (nSPS) is 19.2. The highest BCUT2D eigenvalue weighted by molar-refractivity contribution is 5.94. The zero-order valence-electron chi connectivity index (χ0n) is 12.1. The van der Waals surface area contributed by atoms with Gasteiger partial charge in [0.25, 0.3) is 0 Å². The van der Waals surface area contributed by atoms with Crippen molar-refractivity contribution in [2.24, 2.45) is 5.92 Å². The second-order valence-electron chi connectivity index (χ2n) is 5.29. The third-order valence-electron chi connectivity index (χ3n) is 3.75. The number of hydrogen-bond donors (Lipinski definition) is 2. The molecule has 0 radical (unpaired) electrons. The van der Waals surface area contributed by atoms with E-state index in [9.17, 15) is 14.4 Å². The van der Waals surface area contributed by atoms with Gasteiger partial charge in [0.1, 0.15) is 0 Å². The molecule has 1 aliphatic heterocycles. The summed E-state index contributed by atoms with van der Waals surface area (Å²) in [5.41, 5.74) is 0. The number of carbonyl (C=O) groups is 3. The van der Waals surface area contributed by atoms with Crippen LogP contribution in [-0.2, 0) is 9.59 Å². The maximum Gasteiger partial charge on any atom is 0.324 e. The molecule has 0 aromatic rings. The fourth-order valence-corrected chi connectivity index (χ4v) is 2.44. The zero-order chi connectivity index (χ0) is 15.0. The molecule has 0 aromatic carbocycles. The molecule has 114 valence electrons. The first-order chi connectivity index (χ1) is 9.52. The maximum absolute atomic E-state index is 11.9. The molecule has 0 spiro atoms. The molecule has 1 aliphatic rings. The van der Waals surface area contributed by atoms with E-state index >= 15 is 0 Å². The highest BCUT2D eigenvalue weighted by atomic mass is 16.4. The van der Waals surface area contributed by atoms with E-state index in [1.165, 1.54) is 0 Å². The van der Waals surface area contributed by atoms with E-state index in [0.717, 1.165) is 25.7 Å². The number of urea groups is 1. The number of hydrogen-bond acceptors (Lipinski definition) is 3. The Bertz CT molecular complexity index is 357. The van der Waals surface area contributed by atoms with E-state index in [0.29, 0.717) is 19.0 Å². The van der Waals surface area contributed by atoms with E-state index in [4.69, 9.17) is 5.11 Å². The van der Waals surface area contributed by atoms with Crippen molar-refractivity contribution in [3.05, 3.63) is 0 Å². The SMILES string of the molecule is CCC1CCCN(C(=O)NC(=O)CCCC(=O)O)CC1. The van der Waals surface area contributed by atoms with Crippen molar-refractivity contribution in [2.45, 2.75) is 51.9 Å². The Kier molecular flexibility index (Phi) is 7.04. The van der Waals surface area contributed by atoms with E-state index in [1.807, 2.05) is 0 Å². The Morgan fingerprint density at radius 3 is 2.60 bits per heavy atom. The molecule has 3 amide bonds. The summed E-state index contributed by atoms with van der Waals surface area (Å²) < 4.78 is 0. The zero-order valence-corrected chi connectivity index (χ0v) is 12.1. The summed E-state index contributed by atoms with van der Waals surface area (Å²) in [6.45, 7) is 3.53. The molecular formula is C14H24N2O4. The minimum atomic E-state index is -0.928. The summed E-state index contributed by atoms with van der Waals surface area (Å²) in [5.74, 6) is -0.658. The number of rotatable bonds is 5. The van der Waals surface area contributed by atoms with Crippen molar-refractivity contribution in [3.8, 4) is 0 Å². The molecule has 1 atom stereocenters. The predicted molar refractivity (Wildman–Crippen MR) is 74.2 cm³/mol. The van der Waals surface area contributed by atoms with Gasteiger partial charge in [-0.3, -0.25) is 14.9 Å². The van der Waals surface area contributed by atoms with Gasteiger partial charge in [-0.15, -0.1) is 0 Å². The number of amides is 3. The summed E-state index contributed by atoms with van der Waals surface area (Å²) in [7, 11) is 0. The summed E-state index contributed by atoms with van der Waals surface area (Å²) >= 11 is 0. The third-order valence-corrected chi connectivity index (χ3v) is 3.75. The molecule has 1 fully saturated rings. The van der Waals surface area contributed by atoms with E-state index in [-0.39, 0.29) is 25.3 Å². The van der Waals surface area contributed by atoms with Gasteiger partial charge in [0.15, 0.2) is 0 Å². The first-order valence-electron chi connectivity index (χ1n) is 7.33. The molecule has 6 heteroatoms. The molecule has 2 N–H and O–H groups in total. The molecule has 0 saturated carbocycles. The van der Waals surface area contributed by atoms with E-state index in [1.54, 1.807) is 4.90 Å². The van der Waals surface area contributed by atoms with Crippen LogP contribution in [0.1, 0.15) is 51.9 Å². The van der Waals surface area contributed by atoms with Gasteiger partial charge in [0.2, 0.25) is 5.91 Å². The van der Waals surface area contributed by atoms with Crippen LogP contribution in [0.15, 0.2) is 0 Å². The van der Waals surface area contributed by atoms with Crippen LogP contribution in [0.3, 0.4) is 0 Å². The molecular weight excluding hydrogens is 260 g/mol. The van der Waals surface area contributed by atoms with Crippen molar-refractivity contribution < 1.29 is 19.5 Å². The topological polar surface area (TPSA) is 86.7 Å². The molecule has 1 rings (SSSR count). The average Bonchev–Trinajstić information content (AvgIpc) is 2.63. The van der Waals surface area contributed by atoms with E-state index < -0.39 is 11.9 Å². The summed E-state index contributed by atoms with van der Waals surface area (Å²) in [6, 6.07) is -0.345. The lowest BCUT2D eigenvalue weighted by atomic mass is 9.98. The van der Waals surface area contributed by atoms with Crippen LogP contribution in [0.5, 0.6) is 0 Å². The summed E-state index contributed by atoms with van der Waals surface area (Å²) in [6.07, 6.45) is 4.49. The molecule has 20 heavy (non-hydrogen) atoms. The molecule has 1 heterocycles. The first-order valence-corrected chi connectivity index (χ1v) is 7.33. The van der Waals surface area contributed by atoms with Gasteiger partial charge < -0.3 is 10.0 Å². The van der Waals surface area contributed by atoms with Crippen LogP contribution in [0.4, 0.5) is 4.79 Å². The molecule has 0 bridgehead atoms. The Morgan fingerprint density at radius 2 is 1.95 bits per heavy atom. The summed E-state index contributed by atoms with van der Waals surface area (Å²) in [5, 5.41) is 10.8. The van der Waals surface area contributed by atoms with Crippen molar-refractivity contribution in [1.82, 2.24) is 10.2 Å². The largest absolute Gasteiger partial charge is 0.481 e. The lowest BCUT2D eigenvalue weighted by molar-refractivity contribution is -0.137. The van der Waals surface area contributed by atoms with Gasteiger partial charge in [-0.1, -0.05) is 13.3 Å². The van der Waals surface area contributed by atoms with E-state index in [2.05, 4.69) is 12.2 Å². The lowest BCUT2D eigenvalue weighted by Crippen LogP contribution is -2.43. The van der Waals surface area contributed by atoms with Crippen molar-refractivity contribution in [1.29, 1.82) is 0 Å².